The molecule has 0 aromatic heterocycles. The molecule has 0 unspecified atom stereocenters. The second-order valence-corrected chi connectivity index (χ2v) is 5.01. The number of ether oxygens (including phenoxy) is 1. The summed E-state index contributed by atoms with van der Waals surface area (Å²) >= 11 is 0. The van der Waals surface area contributed by atoms with E-state index in [1.54, 1.807) is 13.0 Å². The maximum Gasteiger partial charge on any atom is 0.419 e. The summed E-state index contributed by atoms with van der Waals surface area (Å²) in [5.74, 6) is -3.85. The number of benzene rings is 1. The SMILES string of the molecule is CCCNC(=O)[C@@H](C#N)C(=O)[C@H](C)Oc1ccccc1C(F)(F)F. The number of nitrogens with zero attached hydrogens (tertiary/aromatic N) is 1. The number of halogens is 3. The topological polar surface area (TPSA) is 79.2 Å². The number of para-hydroxylation sites is 1. The van der Waals surface area contributed by atoms with Gasteiger partial charge in [0.15, 0.2) is 17.8 Å². The third-order valence-electron chi connectivity index (χ3n) is 3.12. The zero-order chi connectivity index (χ0) is 18.3. The molecule has 1 aromatic rings. The van der Waals surface area contributed by atoms with E-state index in [0.29, 0.717) is 6.42 Å². The van der Waals surface area contributed by atoms with Crippen LogP contribution in [-0.2, 0) is 15.8 Å². The molecule has 0 aliphatic rings. The number of rotatable bonds is 7. The molecular formula is C16H17F3N2O3. The van der Waals surface area contributed by atoms with E-state index in [9.17, 15) is 22.8 Å². The van der Waals surface area contributed by atoms with Crippen LogP contribution in [0.5, 0.6) is 5.75 Å². The zero-order valence-corrected chi connectivity index (χ0v) is 13.2. The first-order valence-corrected chi connectivity index (χ1v) is 7.26. The van der Waals surface area contributed by atoms with Crippen molar-refractivity contribution in [2.75, 3.05) is 6.54 Å². The Hall–Kier alpha value is -2.56. The van der Waals surface area contributed by atoms with E-state index in [1.807, 2.05) is 0 Å². The van der Waals surface area contributed by atoms with E-state index in [1.165, 1.54) is 19.1 Å². The maximum atomic E-state index is 12.9. The van der Waals surface area contributed by atoms with E-state index < -0.39 is 41.2 Å². The predicted molar refractivity (Wildman–Crippen MR) is 78.9 cm³/mol. The Labute approximate surface area is 137 Å². The number of hydrogen-bond donors (Lipinski definition) is 1. The van der Waals surface area contributed by atoms with Gasteiger partial charge in [0.1, 0.15) is 5.75 Å². The fraction of sp³-hybridized carbons (Fsp3) is 0.438. The summed E-state index contributed by atoms with van der Waals surface area (Å²) < 4.78 is 43.8. The van der Waals surface area contributed by atoms with Gasteiger partial charge in [-0.3, -0.25) is 9.59 Å². The van der Waals surface area contributed by atoms with Crippen LogP contribution < -0.4 is 10.1 Å². The molecule has 2 atom stereocenters. The Bertz CT molecular complexity index is 638. The highest BCUT2D eigenvalue weighted by Crippen LogP contribution is 2.36. The Morgan fingerprint density at radius 2 is 1.96 bits per heavy atom. The Kier molecular flexibility index (Phi) is 6.77. The standard InChI is InChI=1S/C16H17F3N2O3/c1-3-8-21-15(23)11(9-20)14(22)10(2)24-13-7-5-4-6-12(13)16(17,18)19/h4-7,10-11H,3,8H2,1-2H3,(H,21,23)/t10-,11-/m0/s1. The van der Waals surface area contributed by atoms with Crippen molar-refractivity contribution < 1.29 is 27.5 Å². The lowest BCUT2D eigenvalue weighted by Crippen LogP contribution is -2.40. The summed E-state index contributed by atoms with van der Waals surface area (Å²) in [5, 5.41) is 11.4. The van der Waals surface area contributed by atoms with Crippen LogP contribution in [0.1, 0.15) is 25.8 Å². The summed E-state index contributed by atoms with van der Waals surface area (Å²) in [6, 6.07) is 5.98. The number of amides is 1. The van der Waals surface area contributed by atoms with E-state index in [0.717, 1.165) is 12.1 Å². The minimum Gasteiger partial charge on any atom is -0.482 e. The molecule has 0 saturated heterocycles. The lowest BCUT2D eigenvalue weighted by molar-refractivity contribution is -0.142. The van der Waals surface area contributed by atoms with Crippen LogP contribution in [0.25, 0.3) is 0 Å². The van der Waals surface area contributed by atoms with E-state index in [2.05, 4.69) is 5.32 Å². The van der Waals surface area contributed by atoms with E-state index in [4.69, 9.17) is 10.00 Å². The van der Waals surface area contributed by atoms with Crippen molar-refractivity contribution in [1.82, 2.24) is 5.32 Å². The van der Waals surface area contributed by atoms with Crippen LogP contribution >= 0.6 is 0 Å². The van der Waals surface area contributed by atoms with E-state index in [-0.39, 0.29) is 6.54 Å². The largest absolute Gasteiger partial charge is 0.482 e. The van der Waals surface area contributed by atoms with Gasteiger partial charge in [-0.1, -0.05) is 19.1 Å². The second-order valence-electron chi connectivity index (χ2n) is 5.01. The van der Waals surface area contributed by atoms with E-state index >= 15 is 0 Å². The molecule has 130 valence electrons. The normalized spacial score (nSPS) is 13.5. The van der Waals surface area contributed by atoms with Crippen molar-refractivity contribution in [2.24, 2.45) is 5.92 Å². The third-order valence-corrected chi connectivity index (χ3v) is 3.12. The minimum atomic E-state index is -4.65. The summed E-state index contributed by atoms with van der Waals surface area (Å²) in [7, 11) is 0. The molecule has 1 rings (SSSR count). The van der Waals surface area contributed by atoms with Crippen LogP contribution in [0.15, 0.2) is 24.3 Å². The van der Waals surface area contributed by atoms with Gasteiger partial charge in [-0.2, -0.15) is 18.4 Å². The number of nitriles is 1. The van der Waals surface area contributed by atoms with Gasteiger partial charge in [-0.15, -0.1) is 0 Å². The van der Waals surface area contributed by atoms with Gasteiger partial charge in [0, 0.05) is 6.54 Å². The van der Waals surface area contributed by atoms with Crippen LogP contribution in [-0.4, -0.2) is 24.3 Å². The molecule has 24 heavy (non-hydrogen) atoms. The van der Waals surface area contributed by atoms with Crippen molar-refractivity contribution in [3.63, 3.8) is 0 Å². The first-order chi connectivity index (χ1) is 11.2. The predicted octanol–water partition coefficient (Wildman–Crippen LogP) is 2.71. The fourth-order valence-corrected chi connectivity index (χ4v) is 1.89. The average Bonchev–Trinajstić information content (AvgIpc) is 2.52. The van der Waals surface area contributed by atoms with Gasteiger partial charge < -0.3 is 10.1 Å². The van der Waals surface area contributed by atoms with Gasteiger partial charge in [-0.25, -0.2) is 0 Å². The molecule has 0 aliphatic carbocycles. The average molecular weight is 342 g/mol. The number of Topliss-reactive ketones (excluding diaryl/α,β-unsaturated/α-hetero) is 1. The molecular weight excluding hydrogens is 325 g/mol. The quantitative estimate of drug-likeness (QED) is 0.773. The third kappa shape index (κ3) is 4.98. The number of carbonyl (C=O) groups excluding carboxylic acids is 2. The Morgan fingerprint density at radius 3 is 2.50 bits per heavy atom. The van der Waals surface area contributed by atoms with Crippen LogP contribution in [0.4, 0.5) is 13.2 Å². The molecule has 0 bridgehead atoms. The monoisotopic (exact) mass is 342 g/mol. The van der Waals surface area contributed by atoms with Crippen molar-refractivity contribution in [3.8, 4) is 11.8 Å². The Balaban J connectivity index is 2.91. The summed E-state index contributed by atoms with van der Waals surface area (Å²) in [5.41, 5.74) is -1.03. The molecule has 0 spiro atoms. The van der Waals surface area contributed by atoms with Crippen molar-refractivity contribution >= 4 is 11.7 Å². The highest BCUT2D eigenvalue weighted by atomic mass is 19.4. The fourth-order valence-electron chi connectivity index (χ4n) is 1.89. The number of carbonyl (C=O) groups is 2. The van der Waals surface area contributed by atoms with Gasteiger partial charge in [0.25, 0.3) is 0 Å². The lowest BCUT2D eigenvalue weighted by Gasteiger charge is -2.19. The summed E-state index contributed by atoms with van der Waals surface area (Å²) in [6.07, 6.45) is -5.42. The van der Waals surface area contributed by atoms with Crippen LogP contribution in [0, 0.1) is 17.2 Å². The van der Waals surface area contributed by atoms with Gasteiger partial charge in [0.2, 0.25) is 5.91 Å². The zero-order valence-electron chi connectivity index (χ0n) is 13.2. The minimum absolute atomic E-state index is 0.288. The molecule has 1 N–H and O–H groups in total. The molecule has 8 heteroatoms. The molecule has 0 saturated carbocycles. The number of alkyl halides is 3. The maximum absolute atomic E-state index is 12.9. The highest BCUT2D eigenvalue weighted by molar-refractivity contribution is 6.05. The smallest absolute Gasteiger partial charge is 0.419 e. The van der Waals surface area contributed by atoms with Crippen molar-refractivity contribution in [2.45, 2.75) is 32.5 Å². The summed E-state index contributed by atoms with van der Waals surface area (Å²) in [4.78, 5) is 23.9. The molecule has 1 aromatic carbocycles. The molecule has 0 radical (unpaired) electrons. The van der Waals surface area contributed by atoms with Crippen molar-refractivity contribution in [1.29, 1.82) is 5.26 Å². The van der Waals surface area contributed by atoms with Gasteiger partial charge in [-0.05, 0) is 25.5 Å². The van der Waals surface area contributed by atoms with Crippen molar-refractivity contribution in [3.05, 3.63) is 29.8 Å². The van der Waals surface area contributed by atoms with Gasteiger partial charge in [0.05, 0.1) is 11.6 Å². The van der Waals surface area contributed by atoms with Crippen LogP contribution in [0.3, 0.4) is 0 Å². The summed E-state index contributed by atoms with van der Waals surface area (Å²) in [6.45, 7) is 3.28. The molecule has 0 fully saturated rings. The number of hydrogen-bond acceptors (Lipinski definition) is 4. The van der Waals surface area contributed by atoms with Gasteiger partial charge >= 0.3 is 6.18 Å². The highest BCUT2D eigenvalue weighted by Gasteiger charge is 2.36. The Morgan fingerprint density at radius 1 is 1.33 bits per heavy atom. The lowest BCUT2D eigenvalue weighted by atomic mass is 10.0. The first-order valence-electron chi connectivity index (χ1n) is 7.26. The van der Waals surface area contributed by atoms with Crippen LogP contribution in [0.2, 0.25) is 0 Å². The molecule has 1 amide bonds. The molecule has 5 nitrogen and oxygen atoms in total. The number of ketones is 1. The molecule has 0 heterocycles. The number of nitrogens with one attached hydrogen (secondary N) is 1. The molecule has 0 aliphatic heterocycles. The first kappa shape index (κ1) is 19.5. The second kappa shape index (κ2) is 8.34.